The number of hydrogen-bond acceptors (Lipinski definition) is 5. The summed E-state index contributed by atoms with van der Waals surface area (Å²) in [6.07, 6.45) is 1.69. The Balaban J connectivity index is 1.67. The molecule has 0 aliphatic carbocycles. The van der Waals surface area contributed by atoms with Crippen LogP contribution in [-0.2, 0) is 11.4 Å². The van der Waals surface area contributed by atoms with Gasteiger partial charge in [-0.25, -0.2) is 4.79 Å². The van der Waals surface area contributed by atoms with Gasteiger partial charge in [0.15, 0.2) is 11.5 Å². The maximum Gasteiger partial charge on any atom is 0.335 e. The largest absolute Gasteiger partial charge is 0.493 e. The number of aromatic carboxylic acids is 1. The van der Waals surface area contributed by atoms with Gasteiger partial charge in [-0.15, -0.1) is 0 Å². The number of methoxy groups -OCH3 is 1. The molecule has 0 aromatic heterocycles. The van der Waals surface area contributed by atoms with Gasteiger partial charge >= 0.3 is 5.97 Å². The summed E-state index contributed by atoms with van der Waals surface area (Å²) in [6, 6.07) is 18.8. The van der Waals surface area contributed by atoms with E-state index in [0.717, 1.165) is 5.56 Å². The third-order valence-electron chi connectivity index (χ3n) is 5.26. The molecule has 7 nitrogen and oxygen atoms in total. The second-order valence-electron chi connectivity index (χ2n) is 7.47. The Hall–Kier alpha value is -4.10. The number of carbonyl (C=O) groups excluding carboxylic acids is 1. The molecule has 0 radical (unpaired) electrons. The quantitative estimate of drug-likeness (QED) is 0.459. The van der Waals surface area contributed by atoms with Gasteiger partial charge in [-0.05, 0) is 43.3 Å². The van der Waals surface area contributed by atoms with Gasteiger partial charge in [0.05, 0.1) is 29.6 Å². The molecule has 3 aromatic carbocycles. The number of anilines is 1. The van der Waals surface area contributed by atoms with Gasteiger partial charge < -0.3 is 14.6 Å². The van der Waals surface area contributed by atoms with Crippen molar-refractivity contribution in [1.29, 1.82) is 0 Å². The number of halogens is 1. The third-order valence-corrected chi connectivity index (χ3v) is 5.63. The van der Waals surface area contributed by atoms with Gasteiger partial charge in [-0.3, -0.25) is 4.79 Å². The Morgan fingerprint density at radius 1 is 1.12 bits per heavy atom. The smallest absolute Gasteiger partial charge is 0.335 e. The van der Waals surface area contributed by atoms with Crippen molar-refractivity contribution in [2.24, 2.45) is 5.10 Å². The zero-order valence-corrected chi connectivity index (χ0v) is 19.2. The van der Waals surface area contributed by atoms with Gasteiger partial charge in [0, 0.05) is 16.1 Å². The van der Waals surface area contributed by atoms with Crippen LogP contribution in [0.4, 0.5) is 5.69 Å². The molecule has 1 aliphatic rings. The molecule has 0 atom stereocenters. The molecule has 1 amide bonds. The van der Waals surface area contributed by atoms with Crippen molar-refractivity contribution in [3.8, 4) is 11.5 Å². The molecule has 0 fully saturated rings. The number of hydrogen-bond donors (Lipinski definition) is 1. The number of benzene rings is 3. The first-order valence-electron chi connectivity index (χ1n) is 10.4. The average molecular weight is 477 g/mol. The summed E-state index contributed by atoms with van der Waals surface area (Å²) in [6.45, 7) is 1.93. The predicted octanol–water partition coefficient (Wildman–Crippen LogP) is 5.43. The maximum atomic E-state index is 13.2. The normalized spacial score (nSPS) is 14.3. The standard InChI is InChI=1S/C26H21ClN2O5/c1-16-21(25(30)29(28-16)20-10-5-9-18(13-20)26(31)32)14-17-8-6-12-23(33-2)24(17)34-15-19-7-3-4-11-22(19)27/h3-14H,15H2,1-2H3,(H,31,32)/b21-14-. The van der Waals surface area contributed by atoms with Gasteiger partial charge in [0.25, 0.3) is 5.91 Å². The Morgan fingerprint density at radius 3 is 2.62 bits per heavy atom. The zero-order chi connectivity index (χ0) is 24.2. The minimum atomic E-state index is -1.08. The fourth-order valence-electron chi connectivity index (χ4n) is 3.51. The van der Waals surface area contributed by atoms with E-state index in [1.165, 1.54) is 17.1 Å². The number of para-hydroxylation sites is 1. The molecule has 4 rings (SSSR count). The lowest BCUT2D eigenvalue weighted by Gasteiger charge is -2.15. The highest BCUT2D eigenvalue weighted by atomic mass is 35.5. The van der Waals surface area contributed by atoms with Crippen LogP contribution in [0.25, 0.3) is 6.08 Å². The number of hydrazone groups is 1. The van der Waals surface area contributed by atoms with Crippen molar-refractivity contribution in [2.45, 2.75) is 13.5 Å². The van der Waals surface area contributed by atoms with Crippen LogP contribution in [0.5, 0.6) is 11.5 Å². The molecule has 1 heterocycles. The summed E-state index contributed by atoms with van der Waals surface area (Å²) in [4.78, 5) is 24.5. The molecule has 0 saturated carbocycles. The lowest BCUT2D eigenvalue weighted by Crippen LogP contribution is -2.21. The molecule has 1 aliphatic heterocycles. The third kappa shape index (κ3) is 4.65. The lowest BCUT2D eigenvalue weighted by atomic mass is 10.1. The van der Waals surface area contributed by atoms with E-state index in [1.54, 1.807) is 50.4 Å². The zero-order valence-electron chi connectivity index (χ0n) is 18.5. The summed E-state index contributed by atoms with van der Waals surface area (Å²) < 4.78 is 11.6. The first-order valence-corrected chi connectivity index (χ1v) is 10.7. The molecular formula is C26H21ClN2O5. The minimum absolute atomic E-state index is 0.0682. The first-order chi connectivity index (χ1) is 16.4. The molecule has 1 N–H and O–H groups in total. The number of amides is 1. The van der Waals surface area contributed by atoms with Gasteiger partial charge in [0.1, 0.15) is 6.61 Å². The van der Waals surface area contributed by atoms with Crippen LogP contribution in [0.1, 0.15) is 28.4 Å². The van der Waals surface area contributed by atoms with Crippen LogP contribution in [0, 0.1) is 0 Å². The highest BCUT2D eigenvalue weighted by molar-refractivity contribution is 6.32. The van der Waals surface area contributed by atoms with Crippen molar-refractivity contribution in [2.75, 3.05) is 12.1 Å². The Bertz CT molecular complexity index is 1330. The highest BCUT2D eigenvalue weighted by Gasteiger charge is 2.29. The van der Waals surface area contributed by atoms with E-state index in [0.29, 0.717) is 39.1 Å². The molecule has 0 unspecified atom stereocenters. The average Bonchev–Trinajstić information content (AvgIpc) is 3.12. The number of carbonyl (C=O) groups is 2. The number of carboxylic acids is 1. The molecule has 3 aromatic rings. The van der Waals surface area contributed by atoms with E-state index >= 15 is 0 Å². The van der Waals surface area contributed by atoms with E-state index < -0.39 is 5.97 Å². The van der Waals surface area contributed by atoms with Crippen molar-refractivity contribution >= 4 is 41.0 Å². The summed E-state index contributed by atoms with van der Waals surface area (Å²) in [5, 5.41) is 15.4. The predicted molar refractivity (Wildman–Crippen MR) is 131 cm³/mol. The summed E-state index contributed by atoms with van der Waals surface area (Å²) in [7, 11) is 1.54. The first kappa shape index (κ1) is 23.1. The minimum Gasteiger partial charge on any atom is -0.493 e. The Morgan fingerprint density at radius 2 is 1.88 bits per heavy atom. The Labute approximate surface area is 201 Å². The van der Waals surface area contributed by atoms with E-state index in [-0.39, 0.29) is 18.1 Å². The molecule has 0 saturated heterocycles. The molecule has 172 valence electrons. The SMILES string of the molecule is COc1cccc(/C=C2\C(=O)N(c3cccc(C(=O)O)c3)N=C2C)c1OCc1ccccc1Cl. The fraction of sp³-hybridized carbons (Fsp3) is 0.115. The monoisotopic (exact) mass is 476 g/mol. The number of nitrogens with zero attached hydrogens (tertiary/aromatic N) is 2. The summed E-state index contributed by atoms with van der Waals surface area (Å²) in [5.41, 5.74) is 2.73. The van der Waals surface area contributed by atoms with E-state index in [1.807, 2.05) is 24.3 Å². The fourth-order valence-corrected chi connectivity index (χ4v) is 3.70. The van der Waals surface area contributed by atoms with E-state index in [2.05, 4.69) is 5.10 Å². The Kier molecular flexibility index (Phi) is 6.65. The van der Waals surface area contributed by atoms with Crippen LogP contribution in [-0.4, -0.2) is 29.8 Å². The summed E-state index contributed by atoms with van der Waals surface area (Å²) >= 11 is 6.26. The van der Waals surface area contributed by atoms with Gasteiger partial charge in [0.2, 0.25) is 0 Å². The van der Waals surface area contributed by atoms with Crippen molar-refractivity contribution in [3.63, 3.8) is 0 Å². The molecule has 0 bridgehead atoms. The van der Waals surface area contributed by atoms with Gasteiger partial charge in [-0.1, -0.05) is 48.0 Å². The van der Waals surface area contributed by atoms with Crippen LogP contribution in [0.2, 0.25) is 5.02 Å². The van der Waals surface area contributed by atoms with E-state index in [9.17, 15) is 14.7 Å². The van der Waals surface area contributed by atoms with Crippen LogP contribution >= 0.6 is 11.6 Å². The maximum absolute atomic E-state index is 13.2. The van der Waals surface area contributed by atoms with Crippen LogP contribution < -0.4 is 14.5 Å². The molecule has 8 heteroatoms. The number of rotatable bonds is 7. The number of ether oxygens (including phenoxy) is 2. The second kappa shape index (κ2) is 9.80. The van der Waals surface area contributed by atoms with E-state index in [4.69, 9.17) is 21.1 Å². The highest BCUT2D eigenvalue weighted by Crippen LogP contribution is 2.35. The van der Waals surface area contributed by atoms with Crippen LogP contribution in [0.3, 0.4) is 0 Å². The van der Waals surface area contributed by atoms with Crippen LogP contribution in [0.15, 0.2) is 77.4 Å². The molecular weight excluding hydrogens is 456 g/mol. The molecule has 0 spiro atoms. The second-order valence-corrected chi connectivity index (χ2v) is 7.88. The lowest BCUT2D eigenvalue weighted by molar-refractivity contribution is -0.114. The number of carboxylic acid groups (broad SMARTS) is 1. The topological polar surface area (TPSA) is 88.4 Å². The molecule has 34 heavy (non-hydrogen) atoms. The van der Waals surface area contributed by atoms with Crippen molar-refractivity contribution in [1.82, 2.24) is 0 Å². The van der Waals surface area contributed by atoms with Crippen molar-refractivity contribution in [3.05, 3.63) is 94.0 Å². The summed E-state index contributed by atoms with van der Waals surface area (Å²) in [5.74, 6) is -0.488. The van der Waals surface area contributed by atoms with Gasteiger partial charge in [-0.2, -0.15) is 10.1 Å². The van der Waals surface area contributed by atoms with Crippen molar-refractivity contribution < 1.29 is 24.2 Å².